The number of ether oxygens (including phenoxy) is 1. The fourth-order valence-corrected chi connectivity index (χ4v) is 4.46. The zero-order chi connectivity index (χ0) is 18.1. The molecule has 4 rings (SSSR count). The summed E-state index contributed by atoms with van der Waals surface area (Å²) < 4.78 is 5.48. The maximum atomic E-state index is 13.1. The Morgan fingerprint density at radius 3 is 3.08 bits per heavy atom. The molecule has 0 aromatic carbocycles. The number of carbonyl (C=O) groups is 2. The van der Waals surface area contributed by atoms with Crippen molar-refractivity contribution in [3.05, 3.63) is 17.8 Å². The third kappa shape index (κ3) is 3.24. The van der Waals surface area contributed by atoms with E-state index >= 15 is 0 Å². The van der Waals surface area contributed by atoms with E-state index in [4.69, 9.17) is 9.84 Å². The number of aromatic nitrogens is 2. The van der Waals surface area contributed by atoms with Gasteiger partial charge in [0.25, 0.3) is 0 Å². The lowest BCUT2D eigenvalue weighted by molar-refractivity contribution is -0.148. The van der Waals surface area contributed by atoms with Gasteiger partial charge in [0.1, 0.15) is 23.0 Å². The summed E-state index contributed by atoms with van der Waals surface area (Å²) in [7, 11) is 0. The number of fused-ring (bicyclic) bond motifs is 1. The minimum absolute atomic E-state index is 0.0307. The van der Waals surface area contributed by atoms with Crippen molar-refractivity contribution in [2.45, 2.75) is 31.4 Å². The average Bonchev–Trinajstić information content (AvgIpc) is 3.29. The Bertz CT molecular complexity index is 826. The topological polar surface area (TPSA) is 95.9 Å². The Balaban J connectivity index is 1.53. The third-order valence-corrected chi connectivity index (χ3v) is 5.72. The van der Waals surface area contributed by atoms with E-state index in [1.54, 1.807) is 22.6 Å². The molecule has 2 aromatic heterocycles. The first-order valence-corrected chi connectivity index (χ1v) is 9.58. The Morgan fingerprint density at radius 2 is 2.23 bits per heavy atom. The van der Waals surface area contributed by atoms with Gasteiger partial charge >= 0.3 is 5.97 Å². The predicted octanol–water partition coefficient (Wildman–Crippen LogP) is 1.36. The Labute approximate surface area is 154 Å². The summed E-state index contributed by atoms with van der Waals surface area (Å²) in [5.41, 5.74) is 0. The van der Waals surface area contributed by atoms with Crippen molar-refractivity contribution in [1.29, 1.82) is 0 Å². The number of carboxylic acids is 1. The molecule has 2 atom stereocenters. The molecule has 0 bridgehead atoms. The summed E-state index contributed by atoms with van der Waals surface area (Å²) >= 11 is 1.56. The lowest BCUT2D eigenvalue weighted by Gasteiger charge is -2.36. The molecule has 2 aromatic rings. The Morgan fingerprint density at radius 1 is 1.35 bits per heavy atom. The Kier molecular flexibility index (Phi) is 4.73. The van der Waals surface area contributed by atoms with Crippen LogP contribution in [0.15, 0.2) is 17.8 Å². The van der Waals surface area contributed by atoms with E-state index in [9.17, 15) is 9.59 Å². The number of anilines is 1. The first-order chi connectivity index (χ1) is 12.6. The molecule has 2 aliphatic rings. The normalized spacial score (nSPS) is 23.5. The lowest BCUT2D eigenvalue weighted by Crippen LogP contribution is -2.52. The van der Waals surface area contributed by atoms with E-state index in [0.717, 1.165) is 35.4 Å². The van der Waals surface area contributed by atoms with Crippen molar-refractivity contribution in [3.63, 3.8) is 0 Å². The van der Waals surface area contributed by atoms with Gasteiger partial charge in [0, 0.05) is 19.6 Å². The van der Waals surface area contributed by atoms with Crippen molar-refractivity contribution in [2.75, 3.05) is 31.1 Å². The van der Waals surface area contributed by atoms with E-state index in [2.05, 4.69) is 14.9 Å². The number of carbonyl (C=O) groups excluding carboxylic acids is 1. The second kappa shape index (κ2) is 7.16. The molecule has 0 unspecified atom stereocenters. The number of nitrogens with zero attached hydrogens (tertiary/aromatic N) is 4. The number of carboxylic acid groups (broad SMARTS) is 1. The van der Waals surface area contributed by atoms with Gasteiger partial charge in [-0.3, -0.25) is 9.59 Å². The summed E-state index contributed by atoms with van der Waals surface area (Å²) in [6, 6.07) is 1.73. The van der Waals surface area contributed by atoms with Gasteiger partial charge in [-0.15, -0.1) is 11.3 Å². The minimum atomic E-state index is -0.910. The first-order valence-electron chi connectivity index (χ1n) is 8.70. The second-order valence-corrected chi connectivity index (χ2v) is 7.46. The molecular formula is C17H20N4O4S. The van der Waals surface area contributed by atoms with Gasteiger partial charge in [0.15, 0.2) is 0 Å². The zero-order valence-corrected chi connectivity index (χ0v) is 15.0. The SMILES string of the molecule is O=C(O)C[C@H]1CN(C(=O)[C@@H]2CCCN2c2ncnc3sccc23)CCO1. The Hall–Kier alpha value is -2.26. The van der Waals surface area contributed by atoms with Crippen LogP contribution in [0.2, 0.25) is 0 Å². The highest BCUT2D eigenvalue weighted by atomic mass is 32.1. The van der Waals surface area contributed by atoms with Crippen LogP contribution < -0.4 is 4.90 Å². The fourth-order valence-electron chi connectivity index (χ4n) is 3.73. The molecule has 138 valence electrons. The van der Waals surface area contributed by atoms with E-state index in [0.29, 0.717) is 19.7 Å². The monoisotopic (exact) mass is 376 g/mol. The predicted molar refractivity (Wildman–Crippen MR) is 96.4 cm³/mol. The highest BCUT2D eigenvalue weighted by Crippen LogP contribution is 2.32. The van der Waals surface area contributed by atoms with Crippen LogP contribution in [0.3, 0.4) is 0 Å². The molecule has 9 heteroatoms. The minimum Gasteiger partial charge on any atom is -0.481 e. The van der Waals surface area contributed by atoms with Crippen LogP contribution in [-0.4, -0.2) is 70.2 Å². The molecular weight excluding hydrogens is 356 g/mol. The maximum absolute atomic E-state index is 13.1. The zero-order valence-electron chi connectivity index (χ0n) is 14.2. The maximum Gasteiger partial charge on any atom is 0.306 e. The number of rotatable bonds is 4. The van der Waals surface area contributed by atoms with E-state index < -0.39 is 12.1 Å². The largest absolute Gasteiger partial charge is 0.481 e. The summed E-state index contributed by atoms with van der Waals surface area (Å²) in [6.45, 7) is 1.98. The third-order valence-electron chi connectivity index (χ3n) is 4.90. The highest BCUT2D eigenvalue weighted by Gasteiger charge is 2.37. The smallest absolute Gasteiger partial charge is 0.306 e. The lowest BCUT2D eigenvalue weighted by atomic mass is 10.1. The number of thiophene rings is 1. The van der Waals surface area contributed by atoms with Crippen molar-refractivity contribution < 1.29 is 19.4 Å². The van der Waals surface area contributed by atoms with E-state index in [1.807, 2.05) is 11.4 Å². The molecule has 4 heterocycles. The quantitative estimate of drug-likeness (QED) is 0.861. The molecule has 1 N–H and O–H groups in total. The van der Waals surface area contributed by atoms with Gasteiger partial charge in [0.2, 0.25) is 5.91 Å². The fraction of sp³-hybridized carbons (Fsp3) is 0.529. The van der Waals surface area contributed by atoms with Gasteiger partial charge in [-0.1, -0.05) is 0 Å². The number of hydrogen-bond donors (Lipinski definition) is 1. The number of amides is 1. The van der Waals surface area contributed by atoms with Crippen LogP contribution in [0.1, 0.15) is 19.3 Å². The van der Waals surface area contributed by atoms with Crippen LogP contribution in [0, 0.1) is 0 Å². The molecule has 2 aliphatic heterocycles. The van der Waals surface area contributed by atoms with Crippen molar-refractivity contribution in [1.82, 2.24) is 14.9 Å². The van der Waals surface area contributed by atoms with E-state index in [1.165, 1.54) is 0 Å². The summed E-state index contributed by atoms with van der Waals surface area (Å²) in [5, 5.41) is 11.9. The molecule has 2 saturated heterocycles. The van der Waals surface area contributed by atoms with Crippen molar-refractivity contribution in [2.24, 2.45) is 0 Å². The van der Waals surface area contributed by atoms with Gasteiger partial charge < -0.3 is 19.6 Å². The average molecular weight is 376 g/mol. The van der Waals surface area contributed by atoms with Crippen LogP contribution in [0.25, 0.3) is 10.2 Å². The summed E-state index contributed by atoms with van der Waals surface area (Å²) in [6.07, 6.45) is 2.72. The summed E-state index contributed by atoms with van der Waals surface area (Å²) in [5.74, 6) is -0.0711. The van der Waals surface area contributed by atoms with E-state index in [-0.39, 0.29) is 18.4 Å². The number of aliphatic carboxylic acids is 1. The first kappa shape index (κ1) is 17.2. The molecule has 8 nitrogen and oxygen atoms in total. The molecule has 2 fully saturated rings. The van der Waals surface area contributed by atoms with Crippen LogP contribution in [0.4, 0.5) is 5.82 Å². The van der Waals surface area contributed by atoms with Gasteiger partial charge in [-0.05, 0) is 24.3 Å². The van der Waals surface area contributed by atoms with Crippen LogP contribution >= 0.6 is 11.3 Å². The second-order valence-electron chi connectivity index (χ2n) is 6.56. The van der Waals surface area contributed by atoms with Crippen molar-refractivity contribution in [3.8, 4) is 0 Å². The standard InChI is InChI=1S/C17H20N4O4S/c22-14(23)8-11-9-20(5-6-25-11)17(24)13-2-1-4-21(13)15-12-3-7-26-16(12)19-10-18-15/h3,7,10-11,13H,1-2,4-6,8-9H2,(H,22,23)/t11-,13-/m0/s1. The molecule has 0 spiro atoms. The van der Waals surface area contributed by atoms with Crippen LogP contribution in [0.5, 0.6) is 0 Å². The van der Waals surface area contributed by atoms with Gasteiger partial charge in [0.05, 0.1) is 24.5 Å². The number of morpholine rings is 1. The van der Waals surface area contributed by atoms with Gasteiger partial charge in [-0.2, -0.15) is 0 Å². The van der Waals surface area contributed by atoms with Crippen LogP contribution in [-0.2, 0) is 14.3 Å². The van der Waals surface area contributed by atoms with Gasteiger partial charge in [-0.25, -0.2) is 9.97 Å². The molecule has 0 saturated carbocycles. The van der Waals surface area contributed by atoms with Crippen molar-refractivity contribution >= 4 is 39.2 Å². The highest BCUT2D eigenvalue weighted by molar-refractivity contribution is 7.16. The molecule has 0 radical (unpaired) electrons. The number of hydrogen-bond acceptors (Lipinski definition) is 7. The molecule has 26 heavy (non-hydrogen) atoms. The molecule has 1 amide bonds. The molecule has 0 aliphatic carbocycles. The summed E-state index contributed by atoms with van der Waals surface area (Å²) in [4.78, 5) is 37.5.